The number of aromatic amines is 1. The van der Waals surface area contributed by atoms with Gasteiger partial charge in [0.2, 0.25) is 0 Å². The molecule has 0 bridgehead atoms. The molecule has 158 valence electrons. The third-order valence-electron chi connectivity index (χ3n) is 6.04. The van der Waals surface area contributed by atoms with Crippen LogP contribution in [-0.4, -0.2) is 22.6 Å². The Morgan fingerprint density at radius 3 is 2.53 bits per heavy atom. The molecule has 0 aliphatic heterocycles. The van der Waals surface area contributed by atoms with Gasteiger partial charge in [0.1, 0.15) is 0 Å². The van der Waals surface area contributed by atoms with Gasteiger partial charge in [-0.05, 0) is 70.3 Å². The van der Waals surface area contributed by atoms with E-state index in [1.54, 1.807) is 18.2 Å². The van der Waals surface area contributed by atoms with Crippen LogP contribution in [0.15, 0.2) is 84.9 Å². The lowest BCUT2D eigenvalue weighted by molar-refractivity contribution is 0.0696. The Morgan fingerprint density at radius 2 is 1.69 bits per heavy atom. The molecule has 0 unspecified atom stereocenters. The van der Waals surface area contributed by atoms with Crippen molar-refractivity contribution in [3.8, 4) is 11.1 Å². The fourth-order valence-corrected chi connectivity index (χ4v) is 4.55. The summed E-state index contributed by atoms with van der Waals surface area (Å²) in [6, 6.07) is 28.5. The maximum atomic E-state index is 11.4. The molecule has 0 saturated carbocycles. The van der Waals surface area contributed by atoms with Crippen LogP contribution in [0, 0.1) is 0 Å². The molecule has 4 N–H and O–H groups in total. The predicted octanol–water partition coefficient (Wildman–Crippen LogP) is 5.78. The Morgan fingerprint density at radius 1 is 0.875 bits per heavy atom. The van der Waals surface area contributed by atoms with E-state index >= 15 is 0 Å². The van der Waals surface area contributed by atoms with Gasteiger partial charge in [-0.3, -0.25) is 0 Å². The highest BCUT2D eigenvalue weighted by atomic mass is 16.4. The summed E-state index contributed by atoms with van der Waals surface area (Å²) in [7, 11) is 0. The molecule has 0 saturated heterocycles. The standard InChI is InChI=1S/C28H24N2O2/c29-14-13-24-25-17-20(23-10-4-7-19-6-1-2-9-22(19)23)11-12-26(25)30-27(24)16-18-5-3-8-21(15-18)28(31)32/h1-12,15,17,30H,13-14,16,29H2,(H,31,32). The zero-order chi connectivity index (χ0) is 22.1. The first-order valence-corrected chi connectivity index (χ1v) is 10.8. The first-order chi connectivity index (χ1) is 15.6. The van der Waals surface area contributed by atoms with Crippen LogP contribution in [0.1, 0.15) is 27.2 Å². The van der Waals surface area contributed by atoms with Crippen molar-refractivity contribution in [1.29, 1.82) is 0 Å². The Kier molecular flexibility index (Phi) is 5.21. The number of carbonyl (C=O) groups is 1. The van der Waals surface area contributed by atoms with Gasteiger partial charge >= 0.3 is 5.97 Å². The number of aromatic nitrogens is 1. The summed E-state index contributed by atoms with van der Waals surface area (Å²) in [6.45, 7) is 0.549. The van der Waals surface area contributed by atoms with Gasteiger partial charge in [0.05, 0.1) is 5.56 Å². The number of nitrogens with two attached hydrogens (primary N) is 1. The molecule has 1 heterocycles. The van der Waals surface area contributed by atoms with E-state index in [4.69, 9.17) is 5.73 Å². The van der Waals surface area contributed by atoms with Crippen molar-refractivity contribution in [1.82, 2.24) is 4.98 Å². The van der Waals surface area contributed by atoms with Gasteiger partial charge in [0.25, 0.3) is 0 Å². The van der Waals surface area contributed by atoms with Crippen LogP contribution < -0.4 is 5.73 Å². The van der Waals surface area contributed by atoms with E-state index in [0.29, 0.717) is 18.5 Å². The molecule has 5 aromatic rings. The number of carboxylic acid groups (broad SMARTS) is 1. The zero-order valence-electron chi connectivity index (χ0n) is 17.6. The topological polar surface area (TPSA) is 79.1 Å². The average Bonchev–Trinajstić information content (AvgIpc) is 3.15. The summed E-state index contributed by atoms with van der Waals surface area (Å²) in [5.74, 6) is -0.912. The lowest BCUT2D eigenvalue weighted by Gasteiger charge is -2.08. The summed E-state index contributed by atoms with van der Waals surface area (Å²) in [5.41, 5.74) is 13.0. The lowest BCUT2D eigenvalue weighted by atomic mass is 9.95. The van der Waals surface area contributed by atoms with E-state index in [1.165, 1.54) is 32.8 Å². The number of benzene rings is 4. The van der Waals surface area contributed by atoms with Crippen LogP contribution in [0.2, 0.25) is 0 Å². The monoisotopic (exact) mass is 420 g/mol. The van der Waals surface area contributed by atoms with E-state index in [1.807, 2.05) is 6.07 Å². The van der Waals surface area contributed by atoms with Crippen molar-refractivity contribution in [2.75, 3.05) is 6.54 Å². The molecular weight excluding hydrogens is 396 g/mol. The molecule has 4 heteroatoms. The number of nitrogens with one attached hydrogen (secondary N) is 1. The first-order valence-electron chi connectivity index (χ1n) is 10.8. The molecule has 5 rings (SSSR count). The van der Waals surface area contributed by atoms with E-state index in [9.17, 15) is 9.90 Å². The van der Waals surface area contributed by atoms with Crippen LogP contribution in [0.5, 0.6) is 0 Å². The van der Waals surface area contributed by atoms with Crippen LogP contribution in [0.4, 0.5) is 0 Å². The maximum absolute atomic E-state index is 11.4. The SMILES string of the molecule is NCCc1c(Cc2cccc(C(=O)O)c2)[nH]c2ccc(-c3cccc4ccccc34)cc12. The lowest BCUT2D eigenvalue weighted by Crippen LogP contribution is -2.05. The van der Waals surface area contributed by atoms with Crippen molar-refractivity contribution < 1.29 is 9.90 Å². The van der Waals surface area contributed by atoms with E-state index in [0.717, 1.165) is 23.2 Å². The fraction of sp³-hybridized carbons (Fsp3) is 0.107. The minimum absolute atomic E-state index is 0.303. The molecule has 0 amide bonds. The Bertz CT molecular complexity index is 1440. The normalized spacial score (nSPS) is 11.3. The molecule has 0 aliphatic carbocycles. The van der Waals surface area contributed by atoms with E-state index in [-0.39, 0.29) is 0 Å². The molecule has 32 heavy (non-hydrogen) atoms. The molecule has 4 aromatic carbocycles. The van der Waals surface area contributed by atoms with E-state index in [2.05, 4.69) is 65.6 Å². The summed E-state index contributed by atoms with van der Waals surface area (Å²) in [4.78, 5) is 14.9. The summed E-state index contributed by atoms with van der Waals surface area (Å²) >= 11 is 0. The van der Waals surface area contributed by atoms with Crippen LogP contribution in [0.3, 0.4) is 0 Å². The quantitative estimate of drug-likeness (QED) is 0.326. The number of hydrogen-bond donors (Lipinski definition) is 3. The number of fused-ring (bicyclic) bond motifs is 2. The smallest absolute Gasteiger partial charge is 0.335 e. The Balaban J connectivity index is 1.61. The van der Waals surface area contributed by atoms with Crippen LogP contribution in [-0.2, 0) is 12.8 Å². The fourth-order valence-electron chi connectivity index (χ4n) is 4.55. The average molecular weight is 421 g/mol. The highest BCUT2D eigenvalue weighted by Crippen LogP contribution is 2.33. The van der Waals surface area contributed by atoms with Gasteiger partial charge in [0, 0.05) is 23.0 Å². The minimum atomic E-state index is -0.912. The zero-order valence-corrected chi connectivity index (χ0v) is 17.6. The Labute approximate surface area is 186 Å². The van der Waals surface area contributed by atoms with Crippen LogP contribution in [0.25, 0.3) is 32.8 Å². The number of rotatable bonds is 6. The minimum Gasteiger partial charge on any atom is -0.478 e. The second kappa shape index (κ2) is 8.33. The third-order valence-corrected chi connectivity index (χ3v) is 6.04. The molecule has 4 nitrogen and oxygen atoms in total. The van der Waals surface area contributed by atoms with Gasteiger partial charge in [-0.1, -0.05) is 60.7 Å². The van der Waals surface area contributed by atoms with E-state index < -0.39 is 5.97 Å². The predicted molar refractivity (Wildman–Crippen MR) is 130 cm³/mol. The molecule has 0 atom stereocenters. The van der Waals surface area contributed by atoms with Crippen molar-refractivity contribution in [3.05, 3.63) is 107 Å². The Hall–Kier alpha value is -3.89. The van der Waals surface area contributed by atoms with Gasteiger partial charge in [-0.2, -0.15) is 0 Å². The second-order valence-electron chi connectivity index (χ2n) is 8.09. The molecule has 0 radical (unpaired) electrons. The summed E-state index contributed by atoms with van der Waals surface area (Å²) in [6.07, 6.45) is 1.39. The number of hydrogen-bond acceptors (Lipinski definition) is 2. The largest absolute Gasteiger partial charge is 0.478 e. The number of H-pyrrole nitrogens is 1. The third kappa shape index (κ3) is 3.66. The van der Waals surface area contributed by atoms with Crippen molar-refractivity contribution >= 4 is 27.6 Å². The van der Waals surface area contributed by atoms with Gasteiger partial charge in [-0.25, -0.2) is 4.79 Å². The molecule has 1 aromatic heterocycles. The molecule has 0 spiro atoms. The summed E-state index contributed by atoms with van der Waals surface area (Å²) < 4.78 is 0. The summed E-state index contributed by atoms with van der Waals surface area (Å²) in [5, 5.41) is 12.9. The van der Waals surface area contributed by atoms with Crippen molar-refractivity contribution in [2.45, 2.75) is 12.8 Å². The molecule has 0 aliphatic rings. The molecule has 0 fully saturated rings. The number of aromatic carboxylic acids is 1. The van der Waals surface area contributed by atoms with Crippen molar-refractivity contribution in [2.24, 2.45) is 5.73 Å². The highest BCUT2D eigenvalue weighted by Gasteiger charge is 2.14. The van der Waals surface area contributed by atoms with Gasteiger partial charge < -0.3 is 15.8 Å². The van der Waals surface area contributed by atoms with Gasteiger partial charge in [0.15, 0.2) is 0 Å². The number of carboxylic acids is 1. The van der Waals surface area contributed by atoms with Crippen molar-refractivity contribution in [3.63, 3.8) is 0 Å². The second-order valence-corrected chi connectivity index (χ2v) is 8.09. The maximum Gasteiger partial charge on any atom is 0.335 e. The first kappa shape index (κ1) is 20.0. The highest BCUT2D eigenvalue weighted by molar-refractivity contribution is 5.99. The van der Waals surface area contributed by atoms with Crippen LogP contribution >= 0.6 is 0 Å². The molecular formula is C28H24N2O2. The van der Waals surface area contributed by atoms with Gasteiger partial charge in [-0.15, -0.1) is 0 Å².